The van der Waals surface area contributed by atoms with Crippen LogP contribution in [-0.4, -0.2) is 26.1 Å². The summed E-state index contributed by atoms with van der Waals surface area (Å²) < 4.78 is 5.08. The van der Waals surface area contributed by atoms with Crippen LogP contribution in [0.3, 0.4) is 0 Å². The summed E-state index contributed by atoms with van der Waals surface area (Å²) in [6.07, 6.45) is 0. The molecule has 1 aliphatic heterocycles. The molecule has 1 saturated heterocycles. The monoisotopic (exact) mass is 270 g/mol. The maximum atomic E-state index is 11.6. The fraction of sp³-hybridized carbons (Fsp3) is 0.462. The zero-order chi connectivity index (χ0) is 12.1. The lowest BCUT2D eigenvalue weighted by Gasteiger charge is -2.25. The smallest absolute Gasteiger partial charge is 0.225 e. The van der Waals surface area contributed by atoms with Gasteiger partial charge in [-0.15, -0.1) is 12.4 Å². The van der Waals surface area contributed by atoms with Gasteiger partial charge < -0.3 is 15.4 Å². The van der Waals surface area contributed by atoms with Crippen molar-refractivity contribution in [2.45, 2.75) is 13.2 Å². The van der Waals surface area contributed by atoms with Gasteiger partial charge >= 0.3 is 0 Å². The van der Waals surface area contributed by atoms with Crippen molar-refractivity contribution in [3.05, 3.63) is 35.4 Å². The minimum Gasteiger partial charge on any atom is -0.380 e. The Balaban J connectivity index is 0.00000162. The second kappa shape index (κ2) is 7.36. The molecule has 0 radical (unpaired) electrons. The SMILES string of the molecule is COCc1cccc(CNC(=O)C2CNC2)c1.Cl. The van der Waals surface area contributed by atoms with Crippen LogP contribution in [0, 0.1) is 5.92 Å². The highest BCUT2D eigenvalue weighted by Crippen LogP contribution is 2.07. The quantitative estimate of drug-likeness (QED) is 0.842. The average Bonchev–Trinajstić information content (AvgIpc) is 2.25. The van der Waals surface area contributed by atoms with Crippen LogP contribution in [0.4, 0.5) is 0 Å². The third-order valence-electron chi connectivity index (χ3n) is 2.92. The Kier molecular flexibility index (Phi) is 6.12. The number of hydrogen-bond donors (Lipinski definition) is 2. The van der Waals surface area contributed by atoms with E-state index in [2.05, 4.69) is 16.7 Å². The van der Waals surface area contributed by atoms with Crippen LogP contribution in [0.25, 0.3) is 0 Å². The fourth-order valence-corrected chi connectivity index (χ4v) is 1.80. The molecule has 0 aliphatic carbocycles. The number of nitrogens with one attached hydrogen (secondary N) is 2. The van der Waals surface area contributed by atoms with E-state index in [4.69, 9.17) is 4.74 Å². The van der Waals surface area contributed by atoms with Gasteiger partial charge in [-0.2, -0.15) is 0 Å². The topological polar surface area (TPSA) is 50.4 Å². The van der Waals surface area contributed by atoms with E-state index in [1.54, 1.807) is 7.11 Å². The Morgan fingerprint density at radius 2 is 2.17 bits per heavy atom. The molecule has 0 atom stereocenters. The number of halogens is 1. The number of carbonyl (C=O) groups excluding carboxylic acids is 1. The Bertz CT molecular complexity index is 394. The number of ether oxygens (including phenoxy) is 1. The highest BCUT2D eigenvalue weighted by atomic mass is 35.5. The minimum atomic E-state index is 0. The van der Waals surface area contributed by atoms with E-state index in [-0.39, 0.29) is 24.2 Å². The van der Waals surface area contributed by atoms with E-state index < -0.39 is 0 Å². The van der Waals surface area contributed by atoms with Crippen LogP contribution in [0.5, 0.6) is 0 Å². The number of methoxy groups -OCH3 is 1. The lowest BCUT2D eigenvalue weighted by Crippen LogP contribution is -2.50. The van der Waals surface area contributed by atoms with Crippen LogP contribution in [0.1, 0.15) is 11.1 Å². The molecule has 0 unspecified atom stereocenters. The fourth-order valence-electron chi connectivity index (χ4n) is 1.80. The third kappa shape index (κ3) is 3.98. The summed E-state index contributed by atoms with van der Waals surface area (Å²) in [5, 5.41) is 6.04. The molecule has 1 aliphatic rings. The Morgan fingerprint density at radius 1 is 1.44 bits per heavy atom. The first-order valence-corrected chi connectivity index (χ1v) is 5.85. The summed E-state index contributed by atoms with van der Waals surface area (Å²) in [7, 11) is 1.68. The maximum Gasteiger partial charge on any atom is 0.225 e. The van der Waals surface area contributed by atoms with E-state index in [1.165, 1.54) is 0 Å². The number of rotatable bonds is 5. The van der Waals surface area contributed by atoms with Crippen LogP contribution in [-0.2, 0) is 22.7 Å². The van der Waals surface area contributed by atoms with Crippen LogP contribution in [0.2, 0.25) is 0 Å². The molecule has 1 aromatic rings. The van der Waals surface area contributed by atoms with Crippen molar-refractivity contribution >= 4 is 18.3 Å². The highest BCUT2D eigenvalue weighted by Gasteiger charge is 2.24. The lowest BCUT2D eigenvalue weighted by molar-refractivity contribution is -0.126. The second-order valence-electron chi connectivity index (χ2n) is 4.33. The first-order valence-electron chi connectivity index (χ1n) is 5.85. The third-order valence-corrected chi connectivity index (χ3v) is 2.92. The molecule has 1 heterocycles. The van der Waals surface area contributed by atoms with Gasteiger partial charge in [-0.05, 0) is 11.1 Å². The normalized spacial score (nSPS) is 14.5. The summed E-state index contributed by atoms with van der Waals surface area (Å²) in [6.45, 7) is 2.80. The Hall–Kier alpha value is -1.10. The van der Waals surface area contributed by atoms with Gasteiger partial charge in [0.05, 0.1) is 12.5 Å². The average molecular weight is 271 g/mol. The highest BCUT2D eigenvalue weighted by molar-refractivity contribution is 5.85. The van der Waals surface area contributed by atoms with Gasteiger partial charge in [-0.25, -0.2) is 0 Å². The van der Waals surface area contributed by atoms with Gasteiger partial charge in [-0.3, -0.25) is 4.79 Å². The van der Waals surface area contributed by atoms with E-state index in [0.717, 1.165) is 24.2 Å². The van der Waals surface area contributed by atoms with Crippen molar-refractivity contribution in [2.75, 3.05) is 20.2 Å². The Labute approximate surface area is 114 Å². The van der Waals surface area contributed by atoms with Crippen molar-refractivity contribution in [3.8, 4) is 0 Å². The van der Waals surface area contributed by atoms with Crippen LogP contribution in [0.15, 0.2) is 24.3 Å². The zero-order valence-electron chi connectivity index (χ0n) is 10.4. The number of hydrogen-bond acceptors (Lipinski definition) is 3. The summed E-state index contributed by atoms with van der Waals surface area (Å²) in [5.41, 5.74) is 2.24. The van der Waals surface area contributed by atoms with Crippen molar-refractivity contribution < 1.29 is 9.53 Å². The van der Waals surface area contributed by atoms with Crippen LogP contribution < -0.4 is 10.6 Å². The number of benzene rings is 1. The second-order valence-corrected chi connectivity index (χ2v) is 4.33. The molecule has 1 aromatic carbocycles. The number of amides is 1. The molecular formula is C13H19ClN2O2. The van der Waals surface area contributed by atoms with Gasteiger partial charge in [0.25, 0.3) is 0 Å². The van der Waals surface area contributed by atoms with Gasteiger partial charge in [0.15, 0.2) is 0 Å². The molecule has 100 valence electrons. The largest absolute Gasteiger partial charge is 0.380 e. The first-order chi connectivity index (χ1) is 8.29. The number of carbonyl (C=O) groups is 1. The summed E-state index contributed by atoms with van der Waals surface area (Å²) >= 11 is 0. The molecular weight excluding hydrogens is 252 g/mol. The van der Waals surface area contributed by atoms with Crippen molar-refractivity contribution in [2.24, 2.45) is 5.92 Å². The van der Waals surface area contributed by atoms with Crippen LogP contribution >= 0.6 is 12.4 Å². The van der Waals surface area contributed by atoms with Gasteiger partial charge in [-0.1, -0.05) is 24.3 Å². The molecule has 2 N–H and O–H groups in total. The molecule has 0 saturated carbocycles. The first kappa shape index (κ1) is 15.0. The molecule has 18 heavy (non-hydrogen) atoms. The minimum absolute atomic E-state index is 0. The van der Waals surface area contributed by atoms with Crippen molar-refractivity contribution in [1.29, 1.82) is 0 Å². The Morgan fingerprint density at radius 3 is 2.78 bits per heavy atom. The van der Waals surface area contributed by atoms with Gasteiger partial charge in [0.1, 0.15) is 0 Å². The predicted octanol–water partition coefficient (Wildman–Crippen LogP) is 1.09. The maximum absolute atomic E-state index is 11.6. The molecule has 5 heteroatoms. The summed E-state index contributed by atoms with van der Waals surface area (Å²) in [5.74, 6) is 0.290. The molecule has 4 nitrogen and oxygen atoms in total. The molecule has 0 spiro atoms. The van der Waals surface area contributed by atoms with Gasteiger partial charge in [0, 0.05) is 26.7 Å². The molecule has 1 amide bonds. The zero-order valence-corrected chi connectivity index (χ0v) is 11.3. The van der Waals surface area contributed by atoms with Gasteiger partial charge in [0.2, 0.25) is 5.91 Å². The van der Waals surface area contributed by atoms with Crippen molar-refractivity contribution in [3.63, 3.8) is 0 Å². The molecule has 1 fully saturated rings. The summed E-state index contributed by atoms with van der Waals surface area (Å²) in [4.78, 5) is 11.6. The molecule has 0 aromatic heterocycles. The van der Waals surface area contributed by atoms with E-state index in [1.807, 2.05) is 18.2 Å². The lowest BCUT2D eigenvalue weighted by atomic mass is 10.0. The van der Waals surface area contributed by atoms with E-state index >= 15 is 0 Å². The standard InChI is InChI=1S/C13H18N2O2.ClH/c1-17-9-11-4-2-3-10(5-11)6-15-13(16)12-7-14-8-12;/h2-5,12,14H,6-9H2,1H3,(H,15,16);1H. The van der Waals surface area contributed by atoms with E-state index in [0.29, 0.717) is 13.2 Å². The predicted molar refractivity (Wildman–Crippen MR) is 72.6 cm³/mol. The van der Waals surface area contributed by atoms with Crippen molar-refractivity contribution in [1.82, 2.24) is 10.6 Å². The molecule has 0 bridgehead atoms. The van der Waals surface area contributed by atoms with E-state index in [9.17, 15) is 4.79 Å². The molecule has 2 rings (SSSR count). The summed E-state index contributed by atoms with van der Waals surface area (Å²) in [6, 6.07) is 8.08.